The third-order valence-electron chi connectivity index (χ3n) is 4.74. The molecule has 2 aliphatic rings. The number of hydrogen-bond acceptors (Lipinski definition) is 4. The number of hydrogen-bond donors (Lipinski definition) is 1. The van der Waals surface area contributed by atoms with Crippen LogP contribution in [0.15, 0.2) is 12.4 Å². The first kappa shape index (κ1) is 15.0. The second-order valence-electron chi connectivity index (χ2n) is 6.67. The number of nitrogens with zero attached hydrogens (tertiary/aromatic N) is 2. The van der Waals surface area contributed by atoms with Crippen LogP contribution in [0.2, 0.25) is 0 Å². The van der Waals surface area contributed by atoms with E-state index in [9.17, 15) is 8.42 Å². The monoisotopic (exact) mass is 311 g/mol. The molecule has 6 heteroatoms. The topological polar surface area (TPSA) is 64.0 Å². The van der Waals surface area contributed by atoms with Gasteiger partial charge >= 0.3 is 0 Å². The summed E-state index contributed by atoms with van der Waals surface area (Å²) in [7, 11) is -0.857. The second kappa shape index (κ2) is 6.08. The predicted octanol–water partition coefficient (Wildman–Crippen LogP) is 1.16. The molecule has 2 heterocycles. The first-order chi connectivity index (χ1) is 10.0. The Morgan fingerprint density at radius 3 is 2.81 bits per heavy atom. The highest BCUT2D eigenvalue weighted by Gasteiger charge is 2.34. The van der Waals surface area contributed by atoms with Crippen LogP contribution in [-0.4, -0.2) is 42.3 Å². The average Bonchev–Trinajstić information content (AvgIpc) is 3.06. The highest BCUT2D eigenvalue weighted by atomic mass is 32.2. The van der Waals surface area contributed by atoms with Gasteiger partial charge in [0, 0.05) is 19.3 Å². The van der Waals surface area contributed by atoms with Gasteiger partial charge < -0.3 is 5.32 Å². The van der Waals surface area contributed by atoms with Gasteiger partial charge in [0.15, 0.2) is 9.84 Å². The largest absolute Gasteiger partial charge is 0.314 e. The van der Waals surface area contributed by atoms with Crippen LogP contribution < -0.4 is 5.32 Å². The fourth-order valence-corrected chi connectivity index (χ4v) is 5.18. The molecular formula is C15H25N3O2S. The standard InChI is InChI=1S/C15H25N3O2S/c1-18-10-12(8-17-18)2-3-13(9-16-15-4-5-15)14-6-7-21(19,20)11-14/h8,10,13-16H,2-7,9,11H2,1H3. The maximum Gasteiger partial charge on any atom is 0.150 e. The highest BCUT2D eigenvalue weighted by molar-refractivity contribution is 7.91. The lowest BCUT2D eigenvalue weighted by Gasteiger charge is -2.23. The molecule has 1 aliphatic carbocycles. The summed E-state index contributed by atoms with van der Waals surface area (Å²) in [6.45, 7) is 0.963. The van der Waals surface area contributed by atoms with Crippen LogP contribution in [0.5, 0.6) is 0 Å². The van der Waals surface area contributed by atoms with E-state index in [0.717, 1.165) is 25.8 Å². The van der Waals surface area contributed by atoms with E-state index >= 15 is 0 Å². The Bertz CT molecular complexity index is 577. The number of rotatable bonds is 7. The van der Waals surface area contributed by atoms with E-state index in [-0.39, 0.29) is 0 Å². The molecule has 0 radical (unpaired) electrons. The molecule has 0 bridgehead atoms. The molecule has 0 aromatic carbocycles. The summed E-state index contributed by atoms with van der Waals surface area (Å²) in [4.78, 5) is 0. The van der Waals surface area contributed by atoms with Gasteiger partial charge in [0.25, 0.3) is 0 Å². The molecule has 1 aromatic heterocycles. The highest BCUT2D eigenvalue weighted by Crippen LogP contribution is 2.30. The van der Waals surface area contributed by atoms with Crippen molar-refractivity contribution < 1.29 is 8.42 Å². The SMILES string of the molecule is Cn1cc(CCC(CNC2CC2)C2CCS(=O)(=O)C2)cn1. The van der Waals surface area contributed by atoms with E-state index in [0.29, 0.717) is 29.4 Å². The van der Waals surface area contributed by atoms with Crippen LogP contribution in [0.25, 0.3) is 0 Å². The minimum Gasteiger partial charge on any atom is -0.314 e. The summed E-state index contributed by atoms with van der Waals surface area (Å²) in [6.07, 6.45) is 9.39. The predicted molar refractivity (Wildman–Crippen MR) is 82.8 cm³/mol. The molecule has 1 aliphatic heterocycles. The Balaban J connectivity index is 1.58. The summed E-state index contributed by atoms with van der Waals surface area (Å²) in [5.41, 5.74) is 1.25. The van der Waals surface area contributed by atoms with Crippen molar-refractivity contribution in [3.63, 3.8) is 0 Å². The van der Waals surface area contributed by atoms with Gasteiger partial charge in [0.05, 0.1) is 17.7 Å². The molecule has 0 amide bonds. The lowest BCUT2D eigenvalue weighted by Crippen LogP contribution is -2.30. The molecular weight excluding hydrogens is 286 g/mol. The third kappa shape index (κ3) is 4.30. The molecule has 21 heavy (non-hydrogen) atoms. The number of sulfone groups is 1. The molecule has 1 aromatic rings. The van der Waals surface area contributed by atoms with Gasteiger partial charge in [0.1, 0.15) is 0 Å². The van der Waals surface area contributed by atoms with Crippen molar-refractivity contribution in [2.75, 3.05) is 18.1 Å². The molecule has 1 N–H and O–H groups in total. The Morgan fingerprint density at radius 2 is 2.24 bits per heavy atom. The smallest absolute Gasteiger partial charge is 0.150 e. The Kier molecular flexibility index (Phi) is 4.36. The summed E-state index contributed by atoms with van der Waals surface area (Å²) in [5.74, 6) is 1.56. The van der Waals surface area contributed by atoms with Crippen LogP contribution in [0.3, 0.4) is 0 Å². The zero-order valence-electron chi connectivity index (χ0n) is 12.7. The first-order valence-electron chi connectivity index (χ1n) is 7.93. The number of aryl methyl sites for hydroxylation is 2. The summed E-state index contributed by atoms with van der Waals surface area (Å²) in [5, 5.41) is 7.79. The number of aromatic nitrogens is 2. The van der Waals surface area contributed by atoms with E-state index < -0.39 is 9.84 Å². The van der Waals surface area contributed by atoms with Crippen molar-refractivity contribution in [1.29, 1.82) is 0 Å². The van der Waals surface area contributed by atoms with Crippen LogP contribution in [0, 0.1) is 11.8 Å². The van der Waals surface area contributed by atoms with Crippen molar-refractivity contribution >= 4 is 9.84 Å². The van der Waals surface area contributed by atoms with Gasteiger partial charge in [-0.15, -0.1) is 0 Å². The summed E-state index contributed by atoms with van der Waals surface area (Å²) < 4.78 is 25.3. The van der Waals surface area contributed by atoms with Crippen molar-refractivity contribution in [3.8, 4) is 0 Å². The minimum absolute atomic E-state index is 0.331. The van der Waals surface area contributed by atoms with E-state index in [1.54, 1.807) is 0 Å². The summed E-state index contributed by atoms with van der Waals surface area (Å²) >= 11 is 0. The van der Waals surface area contributed by atoms with Crippen molar-refractivity contribution in [1.82, 2.24) is 15.1 Å². The van der Waals surface area contributed by atoms with Crippen molar-refractivity contribution in [2.45, 2.75) is 38.1 Å². The normalized spacial score (nSPS) is 26.0. The Morgan fingerprint density at radius 1 is 1.43 bits per heavy atom. The van der Waals surface area contributed by atoms with Crippen molar-refractivity contribution in [3.05, 3.63) is 18.0 Å². The van der Waals surface area contributed by atoms with Crippen molar-refractivity contribution in [2.24, 2.45) is 18.9 Å². The average molecular weight is 311 g/mol. The fraction of sp³-hybridized carbons (Fsp3) is 0.800. The fourth-order valence-electron chi connectivity index (χ4n) is 3.26. The zero-order chi connectivity index (χ0) is 14.9. The van der Waals surface area contributed by atoms with Crippen LogP contribution in [-0.2, 0) is 23.3 Å². The molecule has 118 valence electrons. The molecule has 5 nitrogen and oxygen atoms in total. The zero-order valence-corrected chi connectivity index (χ0v) is 13.5. The van der Waals surface area contributed by atoms with Gasteiger partial charge in [-0.05, 0) is 56.0 Å². The quantitative estimate of drug-likeness (QED) is 0.820. The van der Waals surface area contributed by atoms with Gasteiger partial charge in [-0.2, -0.15) is 5.10 Å². The molecule has 1 saturated heterocycles. The van der Waals surface area contributed by atoms with Gasteiger partial charge in [-0.25, -0.2) is 8.42 Å². The Labute approximate surface area is 127 Å². The molecule has 3 rings (SSSR count). The van der Waals surface area contributed by atoms with E-state index in [1.807, 2.05) is 17.9 Å². The maximum atomic E-state index is 11.7. The molecule has 2 unspecified atom stereocenters. The van der Waals surface area contributed by atoms with E-state index in [1.165, 1.54) is 18.4 Å². The third-order valence-corrected chi connectivity index (χ3v) is 6.54. The van der Waals surface area contributed by atoms with Gasteiger partial charge in [-0.1, -0.05) is 0 Å². The molecule has 1 saturated carbocycles. The number of nitrogens with one attached hydrogen (secondary N) is 1. The molecule has 2 atom stereocenters. The Hall–Kier alpha value is -0.880. The molecule has 0 spiro atoms. The lowest BCUT2D eigenvalue weighted by molar-refractivity contribution is 0.324. The van der Waals surface area contributed by atoms with E-state index in [4.69, 9.17) is 0 Å². The summed E-state index contributed by atoms with van der Waals surface area (Å²) in [6, 6.07) is 0.684. The van der Waals surface area contributed by atoms with Crippen LogP contribution in [0.4, 0.5) is 0 Å². The van der Waals surface area contributed by atoms with Crippen LogP contribution in [0.1, 0.15) is 31.2 Å². The van der Waals surface area contributed by atoms with Gasteiger partial charge in [-0.3, -0.25) is 4.68 Å². The van der Waals surface area contributed by atoms with Crippen LogP contribution >= 0.6 is 0 Å². The van der Waals surface area contributed by atoms with E-state index in [2.05, 4.69) is 16.6 Å². The second-order valence-corrected chi connectivity index (χ2v) is 8.90. The molecule has 2 fully saturated rings. The first-order valence-corrected chi connectivity index (χ1v) is 9.75. The van der Waals surface area contributed by atoms with Gasteiger partial charge in [0.2, 0.25) is 0 Å². The lowest BCUT2D eigenvalue weighted by atomic mass is 9.87. The maximum absolute atomic E-state index is 11.7. The minimum atomic E-state index is -2.79.